The van der Waals surface area contributed by atoms with E-state index in [2.05, 4.69) is 29.4 Å². The maximum absolute atomic E-state index is 5.55. The van der Waals surface area contributed by atoms with Crippen molar-refractivity contribution >= 4 is 23.0 Å². The summed E-state index contributed by atoms with van der Waals surface area (Å²) in [6.07, 6.45) is 6.43. The van der Waals surface area contributed by atoms with Crippen LogP contribution in [-0.4, -0.2) is 41.8 Å². The van der Waals surface area contributed by atoms with E-state index in [1.165, 1.54) is 38.6 Å². The van der Waals surface area contributed by atoms with Crippen LogP contribution >= 0.6 is 12.2 Å². The van der Waals surface area contributed by atoms with Crippen LogP contribution in [0.25, 0.3) is 0 Å². The molecule has 4 nitrogen and oxygen atoms in total. The van der Waals surface area contributed by atoms with Crippen LogP contribution < -0.4 is 15.4 Å². The van der Waals surface area contributed by atoms with Crippen molar-refractivity contribution in [3.63, 3.8) is 0 Å². The second kappa shape index (κ2) is 8.37. The van der Waals surface area contributed by atoms with Crippen LogP contribution in [0.1, 0.15) is 46.0 Å². The molecule has 0 spiro atoms. The fraction of sp³-hybridized carbons (Fsp3) is 0.650. The van der Waals surface area contributed by atoms with Gasteiger partial charge in [0.05, 0.1) is 7.11 Å². The standard InChI is InChI=1S/C20H31N3OS/c1-14(2)13-23-17-7-5-8-18(23)11-16(10-17)22-20(25)21-15-6-4-9-19(12-15)24-3/h4,6,9,12,14,16-18H,5,7-8,10-11,13H2,1-3H3,(H2,21,22,25)/t17-,18-/m0/s1. The van der Waals surface area contributed by atoms with Crippen molar-refractivity contribution in [2.75, 3.05) is 19.0 Å². The molecule has 25 heavy (non-hydrogen) atoms. The summed E-state index contributed by atoms with van der Waals surface area (Å²) >= 11 is 5.55. The van der Waals surface area contributed by atoms with Crippen molar-refractivity contribution in [1.82, 2.24) is 10.2 Å². The van der Waals surface area contributed by atoms with Gasteiger partial charge >= 0.3 is 0 Å². The molecule has 2 aliphatic rings. The van der Waals surface area contributed by atoms with E-state index < -0.39 is 0 Å². The highest BCUT2D eigenvalue weighted by molar-refractivity contribution is 7.80. The van der Waals surface area contributed by atoms with Gasteiger partial charge in [0.2, 0.25) is 0 Å². The highest BCUT2D eigenvalue weighted by Gasteiger charge is 2.38. The van der Waals surface area contributed by atoms with Gasteiger partial charge in [-0.2, -0.15) is 0 Å². The summed E-state index contributed by atoms with van der Waals surface area (Å²) in [6, 6.07) is 9.79. The molecule has 2 fully saturated rings. The number of hydrogen-bond donors (Lipinski definition) is 2. The highest BCUT2D eigenvalue weighted by atomic mass is 32.1. The van der Waals surface area contributed by atoms with Crippen molar-refractivity contribution in [3.8, 4) is 5.75 Å². The van der Waals surface area contributed by atoms with Gasteiger partial charge in [-0.1, -0.05) is 26.3 Å². The summed E-state index contributed by atoms with van der Waals surface area (Å²) in [5.74, 6) is 1.58. The fourth-order valence-corrected chi connectivity index (χ4v) is 4.65. The van der Waals surface area contributed by atoms with Gasteiger partial charge in [-0.15, -0.1) is 0 Å². The van der Waals surface area contributed by atoms with Gasteiger partial charge in [0, 0.05) is 36.4 Å². The molecule has 2 aliphatic heterocycles. The Kier molecular flexibility index (Phi) is 6.18. The number of anilines is 1. The van der Waals surface area contributed by atoms with Gasteiger partial charge in [0.1, 0.15) is 5.75 Å². The molecular weight excluding hydrogens is 330 g/mol. The molecule has 2 bridgehead atoms. The molecule has 2 N–H and O–H groups in total. The fourth-order valence-electron chi connectivity index (χ4n) is 4.37. The number of nitrogens with zero attached hydrogens (tertiary/aromatic N) is 1. The molecule has 2 heterocycles. The van der Waals surface area contributed by atoms with Crippen molar-refractivity contribution < 1.29 is 4.74 Å². The van der Waals surface area contributed by atoms with Gasteiger partial charge in [-0.05, 0) is 56.0 Å². The van der Waals surface area contributed by atoms with Gasteiger partial charge in [-0.25, -0.2) is 0 Å². The first-order chi connectivity index (χ1) is 12.0. The Morgan fingerprint density at radius 2 is 2.00 bits per heavy atom. The van der Waals surface area contributed by atoms with Crippen LogP contribution in [0, 0.1) is 5.92 Å². The molecule has 0 amide bonds. The Balaban J connectivity index is 1.56. The SMILES string of the molecule is COc1cccc(NC(=S)NC2C[C@@H]3CCC[C@@H](C2)N3CC(C)C)c1. The quantitative estimate of drug-likeness (QED) is 0.775. The molecule has 0 aliphatic carbocycles. The zero-order valence-corrected chi connectivity index (χ0v) is 16.4. The van der Waals surface area contributed by atoms with Crippen molar-refractivity contribution in [3.05, 3.63) is 24.3 Å². The summed E-state index contributed by atoms with van der Waals surface area (Å²) in [5.41, 5.74) is 0.967. The summed E-state index contributed by atoms with van der Waals surface area (Å²) in [6.45, 7) is 5.88. The lowest BCUT2D eigenvalue weighted by Gasteiger charge is -2.49. The predicted molar refractivity (Wildman–Crippen MR) is 108 cm³/mol. The van der Waals surface area contributed by atoms with Crippen LogP contribution in [-0.2, 0) is 0 Å². The monoisotopic (exact) mass is 361 g/mol. The number of nitrogens with one attached hydrogen (secondary N) is 2. The minimum absolute atomic E-state index is 0.476. The zero-order chi connectivity index (χ0) is 17.8. The second-order valence-electron chi connectivity index (χ2n) is 7.83. The normalized spacial score (nSPS) is 26.3. The lowest BCUT2D eigenvalue weighted by atomic mass is 9.81. The van der Waals surface area contributed by atoms with Crippen molar-refractivity contribution in [2.24, 2.45) is 5.92 Å². The van der Waals surface area contributed by atoms with Crippen LogP contribution in [0.4, 0.5) is 5.69 Å². The topological polar surface area (TPSA) is 36.5 Å². The number of benzene rings is 1. The van der Waals surface area contributed by atoms with Gasteiger partial charge in [-0.3, -0.25) is 4.90 Å². The average Bonchev–Trinajstić information content (AvgIpc) is 2.55. The molecule has 1 aromatic carbocycles. The van der Waals surface area contributed by atoms with E-state index in [1.807, 2.05) is 24.3 Å². The summed E-state index contributed by atoms with van der Waals surface area (Å²) in [4.78, 5) is 2.77. The molecule has 2 atom stereocenters. The third kappa shape index (κ3) is 4.85. The first-order valence-electron chi connectivity index (χ1n) is 9.52. The third-order valence-corrected chi connectivity index (χ3v) is 5.58. The molecule has 0 unspecified atom stereocenters. The molecule has 0 radical (unpaired) electrons. The molecular formula is C20H31N3OS. The van der Waals surface area contributed by atoms with Crippen LogP contribution in [0.2, 0.25) is 0 Å². The van der Waals surface area contributed by atoms with Gasteiger partial charge < -0.3 is 15.4 Å². The molecule has 1 aromatic rings. The number of fused-ring (bicyclic) bond motifs is 2. The maximum atomic E-state index is 5.55. The molecule has 138 valence electrons. The summed E-state index contributed by atoms with van der Waals surface area (Å²) < 4.78 is 5.27. The molecule has 0 saturated carbocycles. The first-order valence-corrected chi connectivity index (χ1v) is 9.93. The van der Waals surface area contributed by atoms with Crippen molar-refractivity contribution in [2.45, 2.75) is 64.1 Å². The number of piperidine rings is 2. The number of rotatable bonds is 5. The number of methoxy groups -OCH3 is 1. The van der Waals surface area contributed by atoms with E-state index in [1.54, 1.807) is 7.11 Å². The average molecular weight is 362 g/mol. The van der Waals surface area contributed by atoms with Crippen molar-refractivity contribution in [1.29, 1.82) is 0 Å². The van der Waals surface area contributed by atoms with Crippen LogP contribution in [0.5, 0.6) is 5.75 Å². The van der Waals surface area contributed by atoms with E-state index in [0.29, 0.717) is 23.2 Å². The lowest BCUT2D eigenvalue weighted by Crippen LogP contribution is -2.58. The van der Waals surface area contributed by atoms with Crippen LogP contribution in [0.15, 0.2) is 24.3 Å². The summed E-state index contributed by atoms with van der Waals surface area (Å²) in [5, 5.41) is 7.58. The minimum Gasteiger partial charge on any atom is -0.497 e. The van der Waals surface area contributed by atoms with Gasteiger partial charge in [0.15, 0.2) is 5.11 Å². The van der Waals surface area contributed by atoms with Crippen LogP contribution in [0.3, 0.4) is 0 Å². The maximum Gasteiger partial charge on any atom is 0.170 e. The first kappa shape index (κ1) is 18.5. The Hall–Kier alpha value is -1.33. The largest absolute Gasteiger partial charge is 0.497 e. The van der Waals surface area contributed by atoms with E-state index in [9.17, 15) is 0 Å². The predicted octanol–water partition coefficient (Wildman–Crippen LogP) is 4.02. The van der Waals surface area contributed by atoms with E-state index >= 15 is 0 Å². The van der Waals surface area contributed by atoms with E-state index in [-0.39, 0.29) is 0 Å². The van der Waals surface area contributed by atoms with Gasteiger partial charge in [0.25, 0.3) is 0 Å². The van der Waals surface area contributed by atoms with E-state index in [4.69, 9.17) is 17.0 Å². The smallest absolute Gasteiger partial charge is 0.170 e. The number of hydrogen-bond acceptors (Lipinski definition) is 3. The summed E-state index contributed by atoms with van der Waals surface area (Å²) in [7, 11) is 1.68. The number of ether oxygens (including phenoxy) is 1. The third-order valence-electron chi connectivity index (χ3n) is 5.36. The lowest BCUT2D eigenvalue weighted by molar-refractivity contribution is 0.0191. The Labute approximate surface area is 157 Å². The molecule has 5 heteroatoms. The van der Waals surface area contributed by atoms with E-state index in [0.717, 1.165) is 17.4 Å². The highest BCUT2D eigenvalue weighted by Crippen LogP contribution is 2.34. The zero-order valence-electron chi connectivity index (χ0n) is 15.6. The Bertz CT molecular complexity index is 578. The minimum atomic E-state index is 0.476. The molecule has 0 aromatic heterocycles. The molecule has 2 saturated heterocycles. The number of thiocarbonyl (C=S) groups is 1. The Morgan fingerprint density at radius 3 is 2.64 bits per heavy atom. The Morgan fingerprint density at radius 1 is 1.28 bits per heavy atom. The second-order valence-corrected chi connectivity index (χ2v) is 8.24. The molecule has 3 rings (SSSR count).